The molecule has 0 aliphatic heterocycles. The molecule has 3 N–H and O–H groups in total. The summed E-state index contributed by atoms with van der Waals surface area (Å²) in [6, 6.07) is -0.611. The molecule has 0 saturated carbocycles. The molecule has 0 aliphatic carbocycles. The number of rotatable bonds is 4. The van der Waals surface area contributed by atoms with Crippen molar-refractivity contribution < 1.29 is 9.53 Å². The number of hydrogen-bond donors (Lipinski definition) is 2. The predicted octanol–water partition coefficient (Wildman–Crippen LogP) is 0.264. The van der Waals surface area contributed by atoms with Crippen LogP contribution in [0.3, 0.4) is 0 Å². The van der Waals surface area contributed by atoms with Crippen LogP contribution in [0.2, 0.25) is 0 Å². The van der Waals surface area contributed by atoms with E-state index in [4.69, 9.17) is 10.5 Å². The Kier molecular flexibility index (Phi) is 5.91. The van der Waals surface area contributed by atoms with Gasteiger partial charge >= 0.3 is 5.97 Å². The number of carbonyl (C=O) groups excluding carboxylic acids is 1. The summed E-state index contributed by atoms with van der Waals surface area (Å²) in [7, 11) is 0. The normalized spacial score (nSPS) is 11.6. The molecule has 6 heteroatoms. The summed E-state index contributed by atoms with van der Waals surface area (Å²) in [4.78, 5) is 17.8. The van der Waals surface area contributed by atoms with Crippen LogP contribution in [0.15, 0.2) is 12.5 Å². The SMILES string of the molecule is CCOC(=O)[C@H](N)Cc1cnc[nH]1.Cl. The van der Waals surface area contributed by atoms with E-state index in [-0.39, 0.29) is 18.4 Å². The number of carbonyl (C=O) groups is 1. The Morgan fingerprint density at radius 2 is 2.50 bits per heavy atom. The second-order valence-electron chi connectivity index (χ2n) is 2.64. The van der Waals surface area contributed by atoms with Gasteiger partial charge in [-0.1, -0.05) is 0 Å². The van der Waals surface area contributed by atoms with Gasteiger partial charge in [-0.15, -0.1) is 12.4 Å². The number of ether oxygens (including phenoxy) is 1. The van der Waals surface area contributed by atoms with Crippen molar-refractivity contribution in [3.05, 3.63) is 18.2 Å². The van der Waals surface area contributed by atoms with E-state index in [9.17, 15) is 4.79 Å². The van der Waals surface area contributed by atoms with Gasteiger partial charge in [0.15, 0.2) is 0 Å². The van der Waals surface area contributed by atoms with Crippen LogP contribution in [-0.2, 0) is 16.0 Å². The van der Waals surface area contributed by atoms with E-state index in [0.29, 0.717) is 13.0 Å². The van der Waals surface area contributed by atoms with Gasteiger partial charge < -0.3 is 15.5 Å². The molecule has 0 aromatic carbocycles. The van der Waals surface area contributed by atoms with Crippen LogP contribution in [0.1, 0.15) is 12.6 Å². The molecule has 0 aliphatic rings. The summed E-state index contributed by atoms with van der Waals surface area (Å²) < 4.78 is 4.75. The Labute approximate surface area is 88.5 Å². The summed E-state index contributed by atoms with van der Waals surface area (Å²) in [6.45, 7) is 2.11. The van der Waals surface area contributed by atoms with Gasteiger partial charge in [-0.25, -0.2) is 4.98 Å². The minimum absolute atomic E-state index is 0. The topological polar surface area (TPSA) is 81.0 Å². The lowest BCUT2D eigenvalue weighted by atomic mass is 10.2. The van der Waals surface area contributed by atoms with Crippen LogP contribution < -0.4 is 5.73 Å². The number of aromatic nitrogens is 2. The molecular weight excluding hydrogens is 206 g/mol. The molecule has 1 atom stereocenters. The molecule has 0 radical (unpaired) electrons. The first-order valence-corrected chi connectivity index (χ1v) is 4.13. The van der Waals surface area contributed by atoms with Gasteiger partial charge in [0.1, 0.15) is 6.04 Å². The Hall–Kier alpha value is -1.07. The number of esters is 1. The van der Waals surface area contributed by atoms with E-state index in [1.807, 2.05) is 0 Å². The molecule has 5 nitrogen and oxygen atoms in total. The third-order valence-corrected chi connectivity index (χ3v) is 1.58. The second-order valence-corrected chi connectivity index (χ2v) is 2.64. The molecule has 0 amide bonds. The van der Waals surface area contributed by atoms with Crippen molar-refractivity contribution in [3.8, 4) is 0 Å². The molecule has 1 heterocycles. The monoisotopic (exact) mass is 219 g/mol. The summed E-state index contributed by atoms with van der Waals surface area (Å²) >= 11 is 0. The van der Waals surface area contributed by atoms with Gasteiger partial charge in [-0.05, 0) is 6.92 Å². The highest BCUT2D eigenvalue weighted by molar-refractivity contribution is 5.85. The zero-order valence-corrected chi connectivity index (χ0v) is 8.71. The number of nitrogens with one attached hydrogen (secondary N) is 1. The van der Waals surface area contributed by atoms with E-state index >= 15 is 0 Å². The molecule has 80 valence electrons. The first kappa shape index (κ1) is 12.9. The van der Waals surface area contributed by atoms with Crippen LogP contribution in [0.5, 0.6) is 0 Å². The average molecular weight is 220 g/mol. The van der Waals surface area contributed by atoms with Crippen LogP contribution in [0.25, 0.3) is 0 Å². The van der Waals surface area contributed by atoms with Gasteiger partial charge in [0.05, 0.1) is 12.9 Å². The Bertz CT molecular complexity index is 264. The molecule has 1 aromatic heterocycles. The van der Waals surface area contributed by atoms with Crippen LogP contribution in [0, 0.1) is 0 Å². The lowest BCUT2D eigenvalue weighted by molar-refractivity contribution is -0.144. The van der Waals surface area contributed by atoms with Crippen molar-refractivity contribution >= 4 is 18.4 Å². The quantitative estimate of drug-likeness (QED) is 0.712. The second kappa shape index (κ2) is 6.39. The van der Waals surface area contributed by atoms with Gasteiger partial charge in [-0.3, -0.25) is 4.79 Å². The van der Waals surface area contributed by atoms with Crippen molar-refractivity contribution in [3.63, 3.8) is 0 Å². The Morgan fingerprint density at radius 3 is 3.00 bits per heavy atom. The third kappa shape index (κ3) is 3.76. The highest BCUT2D eigenvalue weighted by Gasteiger charge is 2.15. The first-order chi connectivity index (χ1) is 6.24. The van der Waals surface area contributed by atoms with E-state index < -0.39 is 6.04 Å². The Morgan fingerprint density at radius 1 is 1.79 bits per heavy atom. The molecule has 0 spiro atoms. The number of hydrogen-bond acceptors (Lipinski definition) is 4. The summed E-state index contributed by atoms with van der Waals surface area (Å²) in [5, 5.41) is 0. The Balaban J connectivity index is 0.00000169. The number of aromatic amines is 1. The molecule has 1 aromatic rings. The fourth-order valence-electron chi connectivity index (χ4n) is 0.966. The van der Waals surface area contributed by atoms with E-state index in [0.717, 1.165) is 5.69 Å². The van der Waals surface area contributed by atoms with Crippen LogP contribution >= 0.6 is 12.4 Å². The molecule has 0 bridgehead atoms. The number of H-pyrrole nitrogens is 1. The number of imidazole rings is 1. The van der Waals surface area contributed by atoms with Gasteiger partial charge in [0, 0.05) is 18.3 Å². The molecule has 0 fully saturated rings. The van der Waals surface area contributed by atoms with Crippen LogP contribution in [0.4, 0.5) is 0 Å². The molecule has 14 heavy (non-hydrogen) atoms. The zero-order chi connectivity index (χ0) is 9.68. The maximum Gasteiger partial charge on any atom is 0.323 e. The van der Waals surface area contributed by atoms with Gasteiger partial charge in [0.2, 0.25) is 0 Å². The standard InChI is InChI=1S/C8H13N3O2.ClH/c1-2-13-8(12)7(9)3-6-4-10-5-11-6;/h4-5,7H,2-3,9H2,1H3,(H,10,11);1H/t7-;/m1./s1. The minimum atomic E-state index is -0.611. The largest absolute Gasteiger partial charge is 0.465 e. The number of nitrogens with zero attached hydrogens (tertiary/aromatic N) is 1. The number of nitrogens with two attached hydrogens (primary N) is 1. The van der Waals surface area contributed by atoms with Crippen LogP contribution in [-0.4, -0.2) is 28.6 Å². The summed E-state index contributed by atoms with van der Waals surface area (Å²) in [5.74, 6) is -0.378. The van der Waals surface area contributed by atoms with Crippen molar-refractivity contribution in [2.45, 2.75) is 19.4 Å². The van der Waals surface area contributed by atoms with Gasteiger partial charge in [-0.2, -0.15) is 0 Å². The fraction of sp³-hybridized carbons (Fsp3) is 0.500. The molecule has 0 saturated heterocycles. The third-order valence-electron chi connectivity index (χ3n) is 1.58. The maximum absolute atomic E-state index is 11.1. The van der Waals surface area contributed by atoms with Crippen molar-refractivity contribution in [1.29, 1.82) is 0 Å². The van der Waals surface area contributed by atoms with Crippen molar-refractivity contribution in [1.82, 2.24) is 9.97 Å². The highest BCUT2D eigenvalue weighted by Crippen LogP contribution is 1.97. The summed E-state index contributed by atoms with van der Waals surface area (Å²) in [6.07, 6.45) is 3.62. The lowest BCUT2D eigenvalue weighted by Gasteiger charge is -2.08. The lowest BCUT2D eigenvalue weighted by Crippen LogP contribution is -2.34. The highest BCUT2D eigenvalue weighted by atomic mass is 35.5. The summed E-state index contributed by atoms with van der Waals surface area (Å²) in [5.41, 5.74) is 6.41. The molecule has 1 rings (SSSR count). The van der Waals surface area contributed by atoms with E-state index in [1.165, 1.54) is 0 Å². The van der Waals surface area contributed by atoms with Crippen molar-refractivity contribution in [2.75, 3.05) is 6.61 Å². The van der Waals surface area contributed by atoms with Crippen molar-refractivity contribution in [2.24, 2.45) is 5.73 Å². The first-order valence-electron chi connectivity index (χ1n) is 4.13. The smallest absolute Gasteiger partial charge is 0.323 e. The predicted molar refractivity (Wildman–Crippen MR) is 54.1 cm³/mol. The van der Waals surface area contributed by atoms with E-state index in [2.05, 4.69) is 9.97 Å². The maximum atomic E-state index is 11.1. The number of halogens is 1. The zero-order valence-electron chi connectivity index (χ0n) is 7.90. The average Bonchev–Trinajstić information content (AvgIpc) is 2.57. The minimum Gasteiger partial charge on any atom is -0.465 e. The molecule has 0 unspecified atom stereocenters. The van der Waals surface area contributed by atoms with Gasteiger partial charge in [0.25, 0.3) is 0 Å². The molecular formula is C8H14ClN3O2. The van der Waals surface area contributed by atoms with E-state index in [1.54, 1.807) is 19.4 Å². The fourth-order valence-corrected chi connectivity index (χ4v) is 0.966.